The molecule has 0 aromatic heterocycles. The molecule has 20 heavy (non-hydrogen) atoms. The summed E-state index contributed by atoms with van der Waals surface area (Å²) in [6, 6.07) is 2.36. The first-order valence-electron chi connectivity index (χ1n) is 6.71. The normalized spacial score (nSPS) is 19.1. The minimum Gasteiger partial charge on any atom is -0.478 e. The van der Waals surface area contributed by atoms with Crippen molar-refractivity contribution in [3.05, 3.63) is 23.5 Å². The van der Waals surface area contributed by atoms with Gasteiger partial charge in [0, 0.05) is 25.4 Å². The number of nitrogens with zero attached hydrogens (tertiary/aromatic N) is 1. The van der Waals surface area contributed by atoms with E-state index in [1.54, 1.807) is 0 Å². The van der Waals surface area contributed by atoms with Crippen LogP contribution in [0.15, 0.2) is 12.1 Å². The smallest absolute Gasteiger partial charge is 0.337 e. The van der Waals surface area contributed by atoms with Crippen molar-refractivity contribution in [1.29, 1.82) is 0 Å². The number of nitrogens with two attached hydrogens (primary N) is 1. The summed E-state index contributed by atoms with van der Waals surface area (Å²) in [4.78, 5) is 12.9. The van der Waals surface area contributed by atoms with E-state index in [1.807, 2.05) is 4.90 Å². The van der Waals surface area contributed by atoms with Crippen LogP contribution in [0.5, 0.6) is 0 Å². The number of hydrogen-bond donors (Lipinski definition) is 3. The molecule has 4 N–H and O–H groups in total. The molecule has 0 bridgehead atoms. The number of aliphatic hydroxyl groups is 1. The van der Waals surface area contributed by atoms with E-state index in [9.17, 15) is 9.18 Å². The fraction of sp³-hybridized carbons (Fsp3) is 0.500. The minimum atomic E-state index is -1.16. The Morgan fingerprint density at radius 2 is 2.25 bits per heavy atom. The fourth-order valence-electron chi connectivity index (χ4n) is 2.71. The minimum absolute atomic E-state index is 0.0670. The molecule has 1 saturated heterocycles. The highest BCUT2D eigenvalue weighted by Crippen LogP contribution is 2.30. The molecule has 1 aromatic rings. The molecule has 1 aliphatic heterocycles. The average molecular weight is 282 g/mol. The third kappa shape index (κ3) is 3.01. The first-order valence-corrected chi connectivity index (χ1v) is 6.71. The number of carbonyl (C=O) groups is 1. The average Bonchev–Trinajstić information content (AvgIpc) is 2.39. The van der Waals surface area contributed by atoms with Crippen molar-refractivity contribution in [2.45, 2.75) is 19.3 Å². The number of aliphatic hydroxyl groups excluding tert-OH is 1. The van der Waals surface area contributed by atoms with Crippen molar-refractivity contribution in [2.24, 2.45) is 5.92 Å². The van der Waals surface area contributed by atoms with Crippen LogP contribution in [0.4, 0.5) is 15.8 Å². The van der Waals surface area contributed by atoms with E-state index in [4.69, 9.17) is 15.9 Å². The number of hydrogen-bond acceptors (Lipinski definition) is 4. The van der Waals surface area contributed by atoms with Crippen LogP contribution < -0.4 is 10.6 Å². The molecule has 0 saturated carbocycles. The molecule has 110 valence electrons. The molecule has 1 fully saturated rings. The van der Waals surface area contributed by atoms with Gasteiger partial charge in [0.25, 0.3) is 0 Å². The molecule has 1 unspecified atom stereocenters. The first-order chi connectivity index (χ1) is 9.52. The zero-order valence-corrected chi connectivity index (χ0v) is 11.2. The van der Waals surface area contributed by atoms with Crippen molar-refractivity contribution < 1.29 is 19.4 Å². The quantitative estimate of drug-likeness (QED) is 0.732. The van der Waals surface area contributed by atoms with Crippen LogP contribution in [-0.2, 0) is 0 Å². The largest absolute Gasteiger partial charge is 0.478 e. The molecule has 2 rings (SSSR count). The summed E-state index contributed by atoms with van der Waals surface area (Å²) in [5.41, 5.74) is 5.66. The number of piperidine rings is 1. The van der Waals surface area contributed by atoms with Crippen LogP contribution in [0.1, 0.15) is 29.6 Å². The van der Waals surface area contributed by atoms with E-state index in [2.05, 4.69) is 0 Å². The Kier molecular flexibility index (Phi) is 4.44. The van der Waals surface area contributed by atoms with Crippen molar-refractivity contribution in [3.8, 4) is 0 Å². The van der Waals surface area contributed by atoms with E-state index in [0.29, 0.717) is 25.4 Å². The number of aromatic carboxylic acids is 1. The summed E-state index contributed by atoms with van der Waals surface area (Å²) >= 11 is 0. The topological polar surface area (TPSA) is 86.8 Å². The fourth-order valence-corrected chi connectivity index (χ4v) is 2.71. The Hall–Kier alpha value is -1.82. The number of rotatable bonds is 4. The molecule has 0 radical (unpaired) electrons. The SMILES string of the molecule is Nc1cc(F)c(N2CCCC(CCO)C2)cc1C(=O)O. The lowest BCUT2D eigenvalue weighted by atomic mass is 9.94. The van der Waals surface area contributed by atoms with Crippen LogP contribution in [0.25, 0.3) is 0 Å². The predicted octanol–water partition coefficient (Wildman–Crippen LogP) is 1.70. The summed E-state index contributed by atoms with van der Waals surface area (Å²) < 4.78 is 14.0. The Bertz CT molecular complexity index is 505. The second-order valence-electron chi connectivity index (χ2n) is 5.16. The zero-order valence-electron chi connectivity index (χ0n) is 11.2. The second kappa shape index (κ2) is 6.09. The maximum Gasteiger partial charge on any atom is 0.337 e. The van der Waals surface area contributed by atoms with Crippen LogP contribution in [0.2, 0.25) is 0 Å². The van der Waals surface area contributed by atoms with Crippen LogP contribution in [-0.4, -0.2) is 35.9 Å². The van der Waals surface area contributed by atoms with Gasteiger partial charge in [-0.05, 0) is 37.3 Å². The molecular formula is C14H19FN2O3. The number of anilines is 2. The standard InChI is InChI=1S/C14H19FN2O3/c15-11-7-12(16)10(14(19)20)6-13(11)17-4-1-2-9(8-17)3-5-18/h6-7,9,18H,1-5,8,16H2,(H,19,20). The van der Waals surface area contributed by atoms with E-state index in [0.717, 1.165) is 18.9 Å². The highest BCUT2D eigenvalue weighted by atomic mass is 19.1. The van der Waals surface area contributed by atoms with Crippen molar-refractivity contribution >= 4 is 17.3 Å². The third-order valence-electron chi connectivity index (χ3n) is 3.75. The maximum absolute atomic E-state index is 14.0. The van der Waals surface area contributed by atoms with Gasteiger partial charge in [-0.2, -0.15) is 0 Å². The molecule has 0 aliphatic carbocycles. The molecule has 1 aliphatic rings. The Morgan fingerprint density at radius 1 is 1.50 bits per heavy atom. The van der Waals surface area contributed by atoms with Gasteiger partial charge >= 0.3 is 5.97 Å². The lowest BCUT2D eigenvalue weighted by Crippen LogP contribution is -2.36. The van der Waals surface area contributed by atoms with E-state index in [-0.39, 0.29) is 23.5 Å². The van der Waals surface area contributed by atoms with Crippen molar-refractivity contribution in [2.75, 3.05) is 30.3 Å². The Labute approximate surface area is 116 Å². The second-order valence-corrected chi connectivity index (χ2v) is 5.16. The number of nitrogen functional groups attached to an aromatic ring is 1. The van der Waals surface area contributed by atoms with Gasteiger partial charge in [0.05, 0.1) is 11.3 Å². The molecular weight excluding hydrogens is 263 g/mol. The molecule has 6 heteroatoms. The summed E-state index contributed by atoms with van der Waals surface area (Å²) in [6.45, 7) is 1.42. The highest BCUT2D eigenvalue weighted by molar-refractivity contribution is 5.95. The van der Waals surface area contributed by atoms with Gasteiger partial charge in [-0.15, -0.1) is 0 Å². The monoisotopic (exact) mass is 282 g/mol. The van der Waals surface area contributed by atoms with Gasteiger partial charge in [-0.25, -0.2) is 9.18 Å². The molecule has 1 aromatic carbocycles. The molecule has 0 spiro atoms. The summed E-state index contributed by atoms with van der Waals surface area (Å²) in [7, 11) is 0. The van der Waals surface area contributed by atoms with Crippen molar-refractivity contribution in [3.63, 3.8) is 0 Å². The van der Waals surface area contributed by atoms with Crippen molar-refractivity contribution in [1.82, 2.24) is 0 Å². The summed E-state index contributed by atoms with van der Waals surface area (Å²) in [6.07, 6.45) is 2.58. The van der Waals surface area contributed by atoms with E-state index >= 15 is 0 Å². The van der Waals surface area contributed by atoms with Gasteiger partial charge in [0.15, 0.2) is 0 Å². The molecule has 0 amide bonds. The Morgan fingerprint density at radius 3 is 2.90 bits per heavy atom. The number of carboxylic acid groups (broad SMARTS) is 1. The van der Waals surface area contributed by atoms with E-state index < -0.39 is 11.8 Å². The molecule has 1 atom stereocenters. The van der Waals surface area contributed by atoms with Gasteiger partial charge < -0.3 is 20.8 Å². The maximum atomic E-state index is 14.0. The van der Waals surface area contributed by atoms with Gasteiger partial charge in [-0.3, -0.25) is 0 Å². The predicted molar refractivity (Wildman–Crippen MR) is 74.4 cm³/mol. The first kappa shape index (κ1) is 14.6. The van der Waals surface area contributed by atoms with Gasteiger partial charge in [0.2, 0.25) is 0 Å². The van der Waals surface area contributed by atoms with Crippen LogP contribution >= 0.6 is 0 Å². The lowest BCUT2D eigenvalue weighted by Gasteiger charge is -2.34. The highest BCUT2D eigenvalue weighted by Gasteiger charge is 2.23. The van der Waals surface area contributed by atoms with Crippen LogP contribution in [0.3, 0.4) is 0 Å². The third-order valence-corrected chi connectivity index (χ3v) is 3.75. The van der Waals surface area contributed by atoms with Gasteiger partial charge in [-0.1, -0.05) is 0 Å². The summed E-state index contributed by atoms with van der Waals surface area (Å²) in [5.74, 6) is -1.36. The lowest BCUT2D eigenvalue weighted by molar-refractivity contribution is 0.0698. The number of carboxylic acids is 1. The number of benzene rings is 1. The van der Waals surface area contributed by atoms with Gasteiger partial charge in [0.1, 0.15) is 5.82 Å². The Balaban J connectivity index is 2.27. The molecule has 5 nitrogen and oxygen atoms in total. The van der Waals surface area contributed by atoms with E-state index in [1.165, 1.54) is 6.07 Å². The number of halogens is 1. The zero-order chi connectivity index (χ0) is 14.7. The van der Waals surface area contributed by atoms with Crippen LogP contribution in [0, 0.1) is 11.7 Å². The molecule has 1 heterocycles. The summed E-state index contributed by atoms with van der Waals surface area (Å²) in [5, 5.41) is 18.1.